The number of hydrogen-bond donors (Lipinski definition) is 3. The van der Waals surface area contributed by atoms with Crippen LogP contribution in [0.4, 0.5) is 13.2 Å². The summed E-state index contributed by atoms with van der Waals surface area (Å²) in [5, 5.41) is 8.98. The second-order valence-corrected chi connectivity index (χ2v) is 7.38. The summed E-state index contributed by atoms with van der Waals surface area (Å²) in [7, 11) is 0. The van der Waals surface area contributed by atoms with E-state index < -0.39 is 12.7 Å². The molecule has 3 N–H and O–H groups in total. The third kappa shape index (κ3) is 11.8. The molecule has 1 aliphatic rings. The van der Waals surface area contributed by atoms with Crippen LogP contribution in [0, 0.1) is 5.92 Å². The minimum absolute atomic E-state index is 0. The Hall–Kier alpha value is -0.780. The number of nitrogens with zero attached hydrogens (tertiary/aromatic N) is 2. The van der Waals surface area contributed by atoms with Gasteiger partial charge in [0.1, 0.15) is 6.54 Å². The van der Waals surface area contributed by atoms with Crippen molar-refractivity contribution in [1.29, 1.82) is 0 Å². The Labute approximate surface area is 170 Å². The van der Waals surface area contributed by atoms with E-state index in [2.05, 4.69) is 20.9 Å². The standard InChI is InChI=1S/C16H30F3N5O.HI/c1-5-20-14(22-9-13(25)23-15(2,3)4)21-8-12-6-7-24(10-12)11-16(17,18)19;/h12H,5-11H2,1-4H3,(H,23,25)(H2,20,21,22);1H. The first-order chi connectivity index (χ1) is 11.5. The van der Waals surface area contributed by atoms with Crippen molar-refractivity contribution in [3.63, 3.8) is 0 Å². The number of guanidine groups is 1. The van der Waals surface area contributed by atoms with E-state index in [1.807, 2.05) is 27.7 Å². The maximum Gasteiger partial charge on any atom is 0.401 e. The molecule has 6 nitrogen and oxygen atoms in total. The molecule has 1 heterocycles. The first-order valence-corrected chi connectivity index (χ1v) is 8.61. The van der Waals surface area contributed by atoms with Crippen LogP contribution < -0.4 is 16.0 Å². The predicted octanol–water partition coefficient (Wildman–Crippen LogP) is 1.96. The summed E-state index contributed by atoms with van der Waals surface area (Å²) in [4.78, 5) is 17.5. The van der Waals surface area contributed by atoms with Crippen molar-refractivity contribution >= 4 is 35.8 Å². The van der Waals surface area contributed by atoms with E-state index in [4.69, 9.17) is 0 Å². The van der Waals surface area contributed by atoms with Gasteiger partial charge >= 0.3 is 6.18 Å². The number of amides is 1. The van der Waals surface area contributed by atoms with Crippen molar-refractivity contribution < 1.29 is 18.0 Å². The molecular weight excluding hydrogens is 462 g/mol. The molecule has 0 spiro atoms. The van der Waals surface area contributed by atoms with E-state index in [0.29, 0.717) is 38.6 Å². The quantitative estimate of drug-likeness (QED) is 0.301. The van der Waals surface area contributed by atoms with Crippen LogP contribution >= 0.6 is 24.0 Å². The third-order valence-corrected chi connectivity index (χ3v) is 3.57. The third-order valence-electron chi connectivity index (χ3n) is 3.57. The molecule has 26 heavy (non-hydrogen) atoms. The Morgan fingerprint density at radius 1 is 1.23 bits per heavy atom. The summed E-state index contributed by atoms with van der Waals surface area (Å²) in [6.45, 7) is 8.76. The zero-order valence-electron chi connectivity index (χ0n) is 15.9. The minimum Gasteiger partial charge on any atom is -0.357 e. The van der Waals surface area contributed by atoms with Crippen LogP contribution in [0.5, 0.6) is 0 Å². The first kappa shape index (κ1) is 25.2. The Balaban J connectivity index is 0.00000625. The van der Waals surface area contributed by atoms with Gasteiger partial charge in [-0.15, -0.1) is 24.0 Å². The van der Waals surface area contributed by atoms with E-state index in [9.17, 15) is 18.0 Å². The summed E-state index contributed by atoms with van der Waals surface area (Å²) in [6, 6.07) is 0. The smallest absolute Gasteiger partial charge is 0.357 e. The lowest BCUT2D eigenvalue weighted by Gasteiger charge is -2.20. The number of aliphatic imine (C=N–C) groups is 1. The zero-order chi connectivity index (χ0) is 19.1. The molecular formula is C16H31F3IN5O. The second kappa shape index (κ2) is 11.2. The van der Waals surface area contributed by atoms with Crippen LogP contribution in [0.15, 0.2) is 4.99 Å². The normalized spacial score (nSPS) is 19.0. The Morgan fingerprint density at radius 3 is 2.42 bits per heavy atom. The van der Waals surface area contributed by atoms with Gasteiger partial charge in [0.25, 0.3) is 0 Å². The van der Waals surface area contributed by atoms with Crippen molar-refractivity contribution in [3.05, 3.63) is 0 Å². The number of alkyl halides is 3. The number of halogens is 4. The van der Waals surface area contributed by atoms with Gasteiger partial charge in [-0.25, -0.2) is 4.99 Å². The predicted molar refractivity (Wildman–Crippen MR) is 108 cm³/mol. The van der Waals surface area contributed by atoms with Crippen molar-refractivity contribution in [1.82, 2.24) is 20.9 Å². The van der Waals surface area contributed by atoms with E-state index in [1.54, 1.807) is 0 Å². The number of likely N-dealkylation sites (tertiary alicyclic amines) is 1. The van der Waals surface area contributed by atoms with Crippen LogP contribution in [-0.4, -0.2) is 67.8 Å². The molecule has 1 saturated heterocycles. The largest absolute Gasteiger partial charge is 0.401 e. The van der Waals surface area contributed by atoms with Gasteiger partial charge in [-0.2, -0.15) is 13.2 Å². The van der Waals surface area contributed by atoms with E-state index in [1.165, 1.54) is 4.90 Å². The fraction of sp³-hybridized carbons (Fsp3) is 0.875. The maximum atomic E-state index is 12.4. The molecule has 1 fully saturated rings. The molecule has 1 rings (SSSR count). The molecule has 0 bridgehead atoms. The highest BCUT2D eigenvalue weighted by molar-refractivity contribution is 14.0. The Bertz CT molecular complexity index is 466. The topological polar surface area (TPSA) is 68.8 Å². The molecule has 154 valence electrons. The van der Waals surface area contributed by atoms with E-state index in [0.717, 1.165) is 0 Å². The number of carbonyl (C=O) groups excluding carboxylic acids is 1. The average Bonchev–Trinajstić information content (AvgIpc) is 2.85. The Morgan fingerprint density at radius 2 is 1.88 bits per heavy atom. The lowest BCUT2D eigenvalue weighted by molar-refractivity contribution is -0.143. The maximum absolute atomic E-state index is 12.4. The average molecular weight is 493 g/mol. The number of carbonyl (C=O) groups is 1. The lowest BCUT2D eigenvalue weighted by atomic mass is 10.1. The van der Waals surface area contributed by atoms with Gasteiger partial charge in [-0.05, 0) is 46.6 Å². The number of nitrogens with one attached hydrogen (secondary N) is 3. The Kier molecular flexibility index (Phi) is 10.8. The molecule has 10 heteroatoms. The lowest BCUT2D eigenvalue weighted by Crippen LogP contribution is -2.44. The fourth-order valence-electron chi connectivity index (χ4n) is 2.67. The van der Waals surface area contributed by atoms with Crippen LogP contribution in [0.1, 0.15) is 34.1 Å². The van der Waals surface area contributed by atoms with Crippen LogP contribution in [-0.2, 0) is 4.79 Å². The SMILES string of the molecule is CCNC(=NCC(=O)NC(C)(C)C)NCC1CCN(CC(F)(F)F)C1.I. The van der Waals surface area contributed by atoms with Crippen LogP contribution in [0.2, 0.25) is 0 Å². The first-order valence-electron chi connectivity index (χ1n) is 8.61. The molecule has 1 aliphatic heterocycles. The second-order valence-electron chi connectivity index (χ2n) is 7.38. The fourth-order valence-corrected chi connectivity index (χ4v) is 2.67. The van der Waals surface area contributed by atoms with Crippen molar-refractivity contribution in [2.45, 2.75) is 45.8 Å². The highest BCUT2D eigenvalue weighted by atomic mass is 127. The van der Waals surface area contributed by atoms with Crippen molar-refractivity contribution in [2.75, 3.05) is 39.3 Å². The summed E-state index contributed by atoms with van der Waals surface area (Å²) in [5.74, 6) is 0.456. The van der Waals surface area contributed by atoms with Crippen LogP contribution in [0.25, 0.3) is 0 Å². The molecule has 0 aromatic heterocycles. The molecule has 0 saturated carbocycles. The van der Waals surface area contributed by atoms with Gasteiger partial charge < -0.3 is 16.0 Å². The van der Waals surface area contributed by atoms with Gasteiger partial charge in [0.05, 0.1) is 6.54 Å². The van der Waals surface area contributed by atoms with Gasteiger partial charge in [0, 0.05) is 25.2 Å². The number of rotatable bonds is 6. The zero-order valence-corrected chi connectivity index (χ0v) is 18.2. The van der Waals surface area contributed by atoms with Crippen LogP contribution in [0.3, 0.4) is 0 Å². The van der Waals surface area contributed by atoms with Crippen molar-refractivity contribution in [2.24, 2.45) is 10.9 Å². The highest BCUT2D eigenvalue weighted by Gasteiger charge is 2.34. The summed E-state index contributed by atoms with van der Waals surface area (Å²) < 4.78 is 37.3. The highest BCUT2D eigenvalue weighted by Crippen LogP contribution is 2.22. The van der Waals surface area contributed by atoms with Gasteiger partial charge in [-0.1, -0.05) is 0 Å². The minimum atomic E-state index is -4.15. The molecule has 0 aromatic rings. The molecule has 0 aliphatic carbocycles. The monoisotopic (exact) mass is 493 g/mol. The molecule has 1 atom stereocenters. The molecule has 1 amide bonds. The van der Waals surface area contributed by atoms with Gasteiger partial charge in [0.2, 0.25) is 5.91 Å². The number of hydrogen-bond acceptors (Lipinski definition) is 3. The van der Waals surface area contributed by atoms with Gasteiger partial charge in [-0.3, -0.25) is 9.69 Å². The van der Waals surface area contributed by atoms with Crippen molar-refractivity contribution in [3.8, 4) is 0 Å². The van der Waals surface area contributed by atoms with Gasteiger partial charge in [0.15, 0.2) is 5.96 Å². The molecule has 0 radical (unpaired) electrons. The summed E-state index contributed by atoms with van der Waals surface area (Å²) in [6.07, 6.45) is -3.44. The van der Waals surface area contributed by atoms with E-state index >= 15 is 0 Å². The van der Waals surface area contributed by atoms with E-state index in [-0.39, 0.29) is 47.9 Å². The molecule has 1 unspecified atom stereocenters. The summed E-state index contributed by atoms with van der Waals surface area (Å²) >= 11 is 0. The molecule has 0 aromatic carbocycles. The summed E-state index contributed by atoms with van der Waals surface area (Å²) in [5.41, 5.74) is -0.315.